The van der Waals surface area contributed by atoms with Crippen molar-refractivity contribution in [3.8, 4) is 6.07 Å². The van der Waals surface area contributed by atoms with Crippen LogP contribution in [-0.2, 0) is 9.84 Å². The van der Waals surface area contributed by atoms with Crippen LogP contribution in [0.2, 0.25) is 0 Å². The van der Waals surface area contributed by atoms with Gasteiger partial charge >= 0.3 is 0 Å². The predicted molar refractivity (Wildman–Crippen MR) is 62.5 cm³/mol. The van der Waals surface area contributed by atoms with Gasteiger partial charge in [-0.2, -0.15) is 5.26 Å². The van der Waals surface area contributed by atoms with Gasteiger partial charge in [-0.25, -0.2) is 12.8 Å². The summed E-state index contributed by atoms with van der Waals surface area (Å²) in [4.78, 5) is 0.0904. The molecule has 0 unspecified atom stereocenters. The van der Waals surface area contributed by atoms with Crippen molar-refractivity contribution in [3.63, 3.8) is 0 Å². The van der Waals surface area contributed by atoms with Crippen LogP contribution in [0.15, 0.2) is 29.2 Å². The van der Waals surface area contributed by atoms with Crippen LogP contribution in [0.3, 0.4) is 0 Å². The van der Waals surface area contributed by atoms with E-state index in [1.807, 2.05) is 0 Å². The quantitative estimate of drug-likeness (QED) is 0.777. The molecule has 0 N–H and O–H groups in total. The second kappa shape index (κ2) is 4.84. The van der Waals surface area contributed by atoms with Crippen LogP contribution in [0.4, 0.5) is 4.39 Å². The lowest BCUT2D eigenvalue weighted by molar-refractivity contribution is 0.473. The molecule has 0 bridgehead atoms. The molecule has 0 aliphatic carbocycles. The third-order valence-electron chi connectivity index (χ3n) is 2.47. The second-order valence-electron chi connectivity index (χ2n) is 4.52. The molecule has 0 heterocycles. The van der Waals surface area contributed by atoms with Crippen LogP contribution in [0.5, 0.6) is 0 Å². The third-order valence-corrected chi connectivity index (χ3v) is 4.20. The van der Waals surface area contributed by atoms with Gasteiger partial charge in [0.2, 0.25) is 0 Å². The zero-order chi connectivity index (χ0) is 13.1. The molecule has 5 heteroatoms. The van der Waals surface area contributed by atoms with Gasteiger partial charge in [-0.15, -0.1) is 0 Å². The molecular weight excluding hydrogens is 241 g/mol. The highest BCUT2D eigenvalue weighted by molar-refractivity contribution is 7.91. The van der Waals surface area contributed by atoms with E-state index >= 15 is 0 Å². The minimum atomic E-state index is -3.44. The van der Waals surface area contributed by atoms with E-state index in [4.69, 9.17) is 5.26 Å². The van der Waals surface area contributed by atoms with Gasteiger partial charge in [0.25, 0.3) is 0 Å². The molecule has 1 rings (SSSR count). The maximum Gasteiger partial charge on any atom is 0.178 e. The normalized spacial score (nSPS) is 12.1. The van der Waals surface area contributed by atoms with E-state index < -0.39 is 21.1 Å². The Bertz CT molecular complexity index is 527. The standard InChI is InChI=1S/C12H14FNO2S/c1-12(2,9-14)7-8-17(15,16)11-5-3-10(13)4-6-11/h3-6H,7-8H2,1-2H3. The molecule has 3 nitrogen and oxygen atoms in total. The predicted octanol–water partition coefficient (Wildman–Crippen LogP) is 2.54. The summed E-state index contributed by atoms with van der Waals surface area (Å²) >= 11 is 0. The summed E-state index contributed by atoms with van der Waals surface area (Å²) in [6, 6.07) is 6.76. The van der Waals surface area contributed by atoms with Crippen LogP contribution >= 0.6 is 0 Å². The van der Waals surface area contributed by atoms with Crippen molar-refractivity contribution in [2.24, 2.45) is 5.41 Å². The Labute approximate surface area is 101 Å². The number of rotatable bonds is 4. The first-order valence-corrected chi connectivity index (χ1v) is 6.82. The number of benzene rings is 1. The van der Waals surface area contributed by atoms with Gasteiger partial charge in [0.05, 0.1) is 22.1 Å². The highest BCUT2D eigenvalue weighted by Crippen LogP contribution is 2.22. The number of nitriles is 1. The Balaban J connectivity index is 2.84. The van der Waals surface area contributed by atoms with Gasteiger partial charge in [-0.1, -0.05) is 0 Å². The molecule has 0 aliphatic heterocycles. The first-order valence-electron chi connectivity index (χ1n) is 5.16. The Morgan fingerprint density at radius 2 is 1.82 bits per heavy atom. The molecule has 0 fully saturated rings. The summed E-state index contributed by atoms with van der Waals surface area (Å²) in [5, 5.41) is 8.80. The lowest BCUT2D eigenvalue weighted by Gasteiger charge is -2.14. The second-order valence-corrected chi connectivity index (χ2v) is 6.63. The molecule has 0 amide bonds. The Hall–Kier alpha value is -1.41. The van der Waals surface area contributed by atoms with Crippen molar-refractivity contribution in [1.29, 1.82) is 5.26 Å². The summed E-state index contributed by atoms with van der Waals surface area (Å²) in [5.41, 5.74) is -0.674. The van der Waals surface area contributed by atoms with Crippen molar-refractivity contribution in [1.82, 2.24) is 0 Å². The number of hydrogen-bond donors (Lipinski definition) is 0. The summed E-state index contributed by atoms with van der Waals surface area (Å²) < 4.78 is 36.4. The van der Waals surface area contributed by atoms with Crippen LogP contribution in [0, 0.1) is 22.6 Å². The Morgan fingerprint density at radius 3 is 2.29 bits per heavy atom. The van der Waals surface area contributed by atoms with Gasteiger partial charge in [-0.3, -0.25) is 0 Å². The number of nitrogens with zero attached hydrogens (tertiary/aromatic N) is 1. The monoisotopic (exact) mass is 255 g/mol. The first kappa shape index (κ1) is 13.7. The van der Waals surface area contributed by atoms with Crippen molar-refractivity contribution in [2.75, 3.05) is 5.75 Å². The topological polar surface area (TPSA) is 57.9 Å². The summed E-state index contributed by atoms with van der Waals surface area (Å²) in [6.45, 7) is 3.38. The van der Waals surface area contributed by atoms with Crippen LogP contribution in [0.1, 0.15) is 20.3 Å². The molecule has 17 heavy (non-hydrogen) atoms. The molecule has 0 atom stereocenters. The largest absolute Gasteiger partial charge is 0.224 e. The summed E-state index contributed by atoms with van der Waals surface area (Å²) in [6.07, 6.45) is 0.253. The van der Waals surface area contributed by atoms with Gasteiger partial charge < -0.3 is 0 Å². The molecule has 1 aromatic carbocycles. The SMILES string of the molecule is CC(C)(C#N)CCS(=O)(=O)c1ccc(F)cc1. The molecule has 0 saturated heterocycles. The average molecular weight is 255 g/mol. The average Bonchev–Trinajstić information content (AvgIpc) is 2.27. The molecule has 0 radical (unpaired) electrons. The maximum absolute atomic E-state index is 12.7. The third kappa shape index (κ3) is 3.82. The minimum Gasteiger partial charge on any atom is -0.224 e. The van der Waals surface area contributed by atoms with Crippen molar-refractivity contribution < 1.29 is 12.8 Å². The van der Waals surface area contributed by atoms with Crippen molar-refractivity contribution in [3.05, 3.63) is 30.1 Å². The van der Waals surface area contributed by atoms with E-state index in [2.05, 4.69) is 6.07 Å². The van der Waals surface area contributed by atoms with Gasteiger partial charge in [0.15, 0.2) is 9.84 Å². The fraction of sp³-hybridized carbons (Fsp3) is 0.417. The van der Waals surface area contributed by atoms with E-state index in [1.165, 1.54) is 12.1 Å². The fourth-order valence-electron chi connectivity index (χ4n) is 1.21. The van der Waals surface area contributed by atoms with Crippen molar-refractivity contribution >= 4 is 9.84 Å². The van der Waals surface area contributed by atoms with Crippen molar-refractivity contribution in [2.45, 2.75) is 25.2 Å². The molecule has 0 aromatic heterocycles. The van der Waals surface area contributed by atoms with Crippen LogP contribution in [-0.4, -0.2) is 14.2 Å². The number of halogens is 1. The fourth-order valence-corrected chi connectivity index (χ4v) is 2.77. The molecule has 0 aliphatic rings. The number of sulfone groups is 1. The number of hydrogen-bond acceptors (Lipinski definition) is 3. The summed E-state index contributed by atoms with van der Waals surface area (Å²) in [5.74, 6) is -0.583. The van der Waals surface area contributed by atoms with E-state index in [0.29, 0.717) is 0 Å². The van der Waals surface area contributed by atoms with E-state index in [9.17, 15) is 12.8 Å². The lowest BCUT2D eigenvalue weighted by Crippen LogP contribution is -2.16. The zero-order valence-corrected chi connectivity index (χ0v) is 10.6. The van der Waals surface area contributed by atoms with E-state index in [-0.39, 0.29) is 17.1 Å². The van der Waals surface area contributed by atoms with Crippen LogP contribution in [0.25, 0.3) is 0 Å². The van der Waals surface area contributed by atoms with Gasteiger partial charge in [-0.05, 0) is 44.5 Å². The Morgan fingerprint density at radius 1 is 1.29 bits per heavy atom. The molecular formula is C12H14FNO2S. The smallest absolute Gasteiger partial charge is 0.178 e. The van der Waals surface area contributed by atoms with E-state index in [0.717, 1.165) is 12.1 Å². The minimum absolute atomic E-state index is 0.0904. The van der Waals surface area contributed by atoms with Crippen LogP contribution < -0.4 is 0 Å². The lowest BCUT2D eigenvalue weighted by atomic mass is 9.93. The first-order chi connectivity index (χ1) is 7.77. The molecule has 92 valence electrons. The highest BCUT2D eigenvalue weighted by Gasteiger charge is 2.22. The molecule has 0 spiro atoms. The molecule has 0 saturated carbocycles. The van der Waals surface area contributed by atoms with Gasteiger partial charge in [0, 0.05) is 0 Å². The molecule has 1 aromatic rings. The Kier molecular flexibility index (Phi) is 3.89. The summed E-state index contributed by atoms with van der Waals surface area (Å²) in [7, 11) is -3.44. The van der Waals surface area contributed by atoms with E-state index in [1.54, 1.807) is 13.8 Å². The highest BCUT2D eigenvalue weighted by atomic mass is 32.2. The zero-order valence-electron chi connectivity index (χ0n) is 9.77. The van der Waals surface area contributed by atoms with Gasteiger partial charge in [0.1, 0.15) is 5.82 Å². The maximum atomic E-state index is 12.7.